The van der Waals surface area contributed by atoms with Crippen molar-refractivity contribution in [2.24, 2.45) is 0 Å². The fourth-order valence-electron chi connectivity index (χ4n) is 1.23. The van der Waals surface area contributed by atoms with Gasteiger partial charge in [-0.1, -0.05) is 0 Å². The van der Waals surface area contributed by atoms with Crippen LogP contribution in [0.5, 0.6) is 0 Å². The molecule has 0 aromatic rings. The second-order valence-electron chi connectivity index (χ2n) is 3.41. The van der Waals surface area contributed by atoms with Crippen LogP contribution in [0.4, 0.5) is 0 Å². The Balaban J connectivity index is 2.47. The van der Waals surface area contributed by atoms with Gasteiger partial charge < -0.3 is 4.74 Å². The molecular formula is C9H13NO4. The molecule has 1 rings (SSSR count). The van der Waals surface area contributed by atoms with E-state index < -0.39 is 5.97 Å². The van der Waals surface area contributed by atoms with E-state index in [1.165, 1.54) is 0 Å². The van der Waals surface area contributed by atoms with E-state index in [4.69, 9.17) is 4.74 Å². The molecular weight excluding hydrogens is 186 g/mol. The molecule has 2 amide bonds. The van der Waals surface area contributed by atoms with Gasteiger partial charge in [0.25, 0.3) is 0 Å². The Kier molecular flexibility index (Phi) is 3.22. The second-order valence-corrected chi connectivity index (χ2v) is 3.41. The molecule has 0 N–H and O–H groups in total. The Hall–Kier alpha value is -1.39. The lowest BCUT2D eigenvalue weighted by molar-refractivity contribution is -0.154. The molecule has 0 radical (unpaired) electrons. The summed E-state index contributed by atoms with van der Waals surface area (Å²) in [6.45, 7) is 3.17. The first-order chi connectivity index (χ1) is 6.50. The Bertz CT molecular complexity index is 256. The number of carbonyl (C=O) groups is 3. The molecule has 0 saturated carbocycles. The van der Waals surface area contributed by atoms with Crippen molar-refractivity contribution in [1.29, 1.82) is 0 Å². The van der Waals surface area contributed by atoms with E-state index >= 15 is 0 Å². The van der Waals surface area contributed by atoms with Crippen LogP contribution in [-0.2, 0) is 19.1 Å². The van der Waals surface area contributed by atoms with E-state index in [1.54, 1.807) is 13.8 Å². The van der Waals surface area contributed by atoms with Crippen LogP contribution in [0.2, 0.25) is 0 Å². The van der Waals surface area contributed by atoms with Crippen LogP contribution in [0.3, 0.4) is 0 Å². The molecule has 5 nitrogen and oxygen atoms in total. The molecule has 0 aliphatic carbocycles. The number of hydrogen-bond donors (Lipinski definition) is 0. The summed E-state index contributed by atoms with van der Waals surface area (Å²) in [6, 6.07) is 0. The number of rotatable bonds is 3. The number of nitrogens with zero attached hydrogens (tertiary/aromatic N) is 1. The van der Waals surface area contributed by atoms with Crippen molar-refractivity contribution in [3.8, 4) is 0 Å². The molecule has 0 aromatic heterocycles. The minimum Gasteiger partial charge on any atom is -0.462 e. The van der Waals surface area contributed by atoms with Gasteiger partial charge in [-0.15, -0.1) is 0 Å². The van der Waals surface area contributed by atoms with Crippen LogP contribution >= 0.6 is 0 Å². The molecule has 0 aromatic carbocycles. The molecule has 1 aliphatic rings. The van der Waals surface area contributed by atoms with E-state index in [1.807, 2.05) is 0 Å². The predicted molar refractivity (Wildman–Crippen MR) is 47.2 cm³/mol. The fourth-order valence-corrected chi connectivity index (χ4v) is 1.23. The second kappa shape index (κ2) is 4.21. The van der Waals surface area contributed by atoms with Crippen molar-refractivity contribution in [2.75, 3.05) is 6.54 Å². The maximum atomic E-state index is 11.1. The lowest BCUT2D eigenvalue weighted by Crippen LogP contribution is -2.35. The summed E-state index contributed by atoms with van der Waals surface area (Å²) in [7, 11) is 0. The summed E-state index contributed by atoms with van der Waals surface area (Å²) in [5.41, 5.74) is 0. The molecule has 1 fully saturated rings. The maximum Gasteiger partial charge on any atom is 0.326 e. The van der Waals surface area contributed by atoms with Gasteiger partial charge in [-0.2, -0.15) is 0 Å². The summed E-state index contributed by atoms with van der Waals surface area (Å²) in [5, 5.41) is 0. The average molecular weight is 199 g/mol. The van der Waals surface area contributed by atoms with Gasteiger partial charge in [0.05, 0.1) is 6.10 Å². The lowest BCUT2D eigenvalue weighted by Gasteiger charge is -2.14. The number of likely N-dealkylation sites (tertiary alicyclic amines) is 1. The summed E-state index contributed by atoms with van der Waals surface area (Å²) < 4.78 is 4.82. The predicted octanol–water partition coefficient (Wildman–Crippen LogP) is 0.0870. The molecule has 14 heavy (non-hydrogen) atoms. The lowest BCUT2D eigenvalue weighted by atomic mass is 10.4. The van der Waals surface area contributed by atoms with Crippen molar-refractivity contribution < 1.29 is 19.1 Å². The molecule has 1 heterocycles. The van der Waals surface area contributed by atoms with Crippen molar-refractivity contribution in [1.82, 2.24) is 4.90 Å². The van der Waals surface area contributed by atoms with Crippen LogP contribution in [-0.4, -0.2) is 35.3 Å². The van der Waals surface area contributed by atoms with Gasteiger partial charge in [0, 0.05) is 12.8 Å². The largest absolute Gasteiger partial charge is 0.462 e. The summed E-state index contributed by atoms with van der Waals surface area (Å²) in [5.74, 6) is -1.13. The molecule has 78 valence electrons. The van der Waals surface area contributed by atoms with Gasteiger partial charge in [-0.05, 0) is 13.8 Å². The molecule has 0 bridgehead atoms. The minimum absolute atomic E-state index is 0.202. The van der Waals surface area contributed by atoms with E-state index in [0.29, 0.717) is 0 Å². The maximum absolute atomic E-state index is 11.1. The smallest absolute Gasteiger partial charge is 0.326 e. The molecule has 0 spiro atoms. The fraction of sp³-hybridized carbons (Fsp3) is 0.667. The highest BCUT2D eigenvalue weighted by Gasteiger charge is 2.30. The zero-order valence-electron chi connectivity index (χ0n) is 8.28. The normalized spacial score (nSPS) is 16.6. The first-order valence-electron chi connectivity index (χ1n) is 4.53. The van der Waals surface area contributed by atoms with Crippen LogP contribution < -0.4 is 0 Å². The zero-order valence-corrected chi connectivity index (χ0v) is 8.28. The van der Waals surface area contributed by atoms with E-state index in [9.17, 15) is 14.4 Å². The van der Waals surface area contributed by atoms with Crippen LogP contribution in [0.1, 0.15) is 26.7 Å². The zero-order chi connectivity index (χ0) is 10.7. The highest BCUT2D eigenvalue weighted by atomic mass is 16.5. The van der Waals surface area contributed by atoms with Crippen LogP contribution in [0, 0.1) is 0 Å². The standard InChI is InChI=1S/C9H13NO4/c1-6(2)14-9(13)5-10-7(11)3-4-8(10)12/h6H,3-5H2,1-2H3. The Morgan fingerprint density at radius 1 is 1.36 bits per heavy atom. The molecule has 5 heteroatoms. The highest BCUT2D eigenvalue weighted by Crippen LogP contribution is 2.11. The Labute approximate surface area is 82.0 Å². The minimum atomic E-state index is -0.538. The molecule has 1 saturated heterocycles. The Morgan fingerprint density at radius 2 is 1.86 bits per heavy atom. The van der Waals surface area contributed by atoms with Gasteiger partial charge in [-0.25, -0.2) is 0 Å². The molecule has 1 aliphatic heterocycles. The average Bonchev–Trinajstić information content (AvgIpc) is 2.34. The monoisotopic (exact) mass is 199 g/mol. The number of hydrogen-bond acceptors (Lipinski definition) is 4. The quantitative estimate of drug-likeness (QED) is 0.477. The third kappa shape index (κ3) is 2.55. The number of imide groups is 1. The third-order valence-electron chi connectivity index (χ3n) is 1.81. The van der Waals surface area contributed by atoms with Crippen molar-refractivity contribution in [2.45, 2.75) is 32.8 Å². The van der Waals surface area contributed by atoms with Crippen molar-refractivity contribution >= 4 is 17.8 Å². The molecule has 0 unspecified atom stereocenters. The Morgan fingerprint density at radius 3 is 2.29 bits per heavy atom. The van der Waals surface area contributed by atoms with E-state index in [2.05, 4.69) is 0 Å². The number of amides is 2. The summed E-state index contributed by atoms with van der Waals surface area (Å²) in [6.07, 6.45) is 0.178. The number of esters is 1. The molecule has 0 atom stereocenters. The van der Waals surface area contributed by atoms with Gasteiger partial charge in [-0.3, -0.25) is 19.3 Å². The van der Waals surface area contributed by atoms with E-state index in [-0.39, 0.29) is 37.3 Å². The van der Waals surface area contributed by atoms with Crippen LogP contribution in [0.25, 0.3) is 0 Å². The van der Waals surface area contributed by atoms with Crippen molar-refractivity contribution in [3.05, 3.63) is 0 Å². The first kappa shape index (κ1) is 10.7. The van der Waals surface area contributed by atoms with Crippen molar-refractivity contribution in [3.63, 3.8) is 0 Å². The topological polar surface area (TPSA) is 63.7 Å². The summed E-state index contributed by atoms with van der Waals surface area (Å²) >= 11 is 0. The summed E-state index contributed by atoms with van der Waals surface area (Å²) in [4.78, 5) is 34.3. The number of carbonyl (C=O) groups excluding carboxylic acids is 3. The van der Waals surface area contributed by atoms with Gasteiger partial charge >= 0.3 is 5.97 Å². The SMILES string of the molecule is CC(C)OC(=O)CN1C(=O)CCC1=O. The van der Waals surface area contributed by atoms with Gasteiger partial charge in [0.1, 0.15) is 6.54 Å². The first-order valence-corrected chi connectivity index (χ1v) is 4.53. The van der Waals surface area contributed by atoms with E-state index in [0.717, 1.165) is 4.90 Å². The number of ether oxygens (including phenoxy) is 1. The van der Waals surface area contributed by atoms with Gasteiger partial charge in [0.15, 0.2) is 0 Å². The third-order valence-corrected chi connectivity index (χ3v) is 1.81. The van der Waals surface area contributed by atoms with Crippen LogP contribution in [0.15, 0.2) is 0 Å². The highest BCUT2D eigenvalue weighted by molar-refractivity contribution is 6.04. The van der Waals surface area contributed by atoms with Gasteiger partial charge in [0.2, 0.25) is 11.8 Å².